The van der Waals surface area contributed by atoms with E-state index in [2.05, 4.69) is 0 Å². The maximum atomic E-state index is 12.3. The molecule has 1 rings (SSSR count). The van der Waals surface area contributed by atoms with Crippen molar-refractivity contribution in [2.45, 2.75) is 6.42 Å². The van der Waals surface area contributed by atoms with Crippen LogP contribution in [0.2, 0.25) is 0 Å². The molecule has 1 aromatic rings. The minimum absolute atomic E-state index is 0.133. The van der Waals surface area contributed by atoms with E-state index in [4.69, 9.17) is 15.7 Å². The number of aromatic hydroxyl groups is 1. The van der Waals surface area contributed by atoms with Gasteiger partial charge in [-0.15, -0.1) is 0 Å². The third kappa shape index (κ3) is 3.86. The van der Waals surface area contributed by atoms with Crippen LogP contribution in [-0.2, 0) is 4.74 Å². The van der Waals surface area contributed by atoms with Crippen LogP contribution < -0.4 is 5.73 Å². The molecule has 1 amide bonds. The van der Waals surface area contributed by atoms with E-state index in [9.17, 15) is 9.90 Å². The van der Waals surface area contributed by atoms with Crippen LogP contribution in [0.5, 0.6) is 5.75 Å². The molecule has 0 unspecified atom stereocenters. The lowest BCUT2D eigenvalue weighted by Gasteiger charge is -2.21. The van der Waals surface area contributed by atoms with Crippen LogP contribution in [0, 0.1) is 11.3 Å². The summed E-state index contributed by atoms with van der Waals surface area (Å²) in [5, 5.41) is 18.4. The average molecular weight is 263 g/mol. The van der Waals surface area contributed by atoms with Crippen molar-refractivity contribution in [3.05, 3.63) is 23.8 Å². The van der Waals surface area contributed by atoms with Gasteiger partial charge in [0.25, 0.3) is 5.91 Å². The minimum Gasteiger partial charge on any atom is -0.505 e. The van der Waals surface area contributed by atoms with Crippen molar-refractivity contribution in [2.75, 3.05) is 32.5 Å². The molecule has 0 fully saturated rings. The molecule has 1 aromatic carbocycles. The molecule has 6 heteroatoms. The Morgan fingerprint density at radius 3 is 2.89 bits per heavy atom. The number of carbonyl (C=O) groups is 1. The number of ether oxygens (including phenoxy) is 1. The predicted octanol–water partition coefficient (Wildman–Crippen LogP) is 0.977. The maximum Gasteiger partial charge on any atom is 0.257 e. The SMILES string of the molecule is COCCN(CCC#N)C(=O)c1cccc(N)c1O. The second-order valence-electron chi connectivity index (χ2n) is 3.94. The number of para-hydroxylation sites is 1. The monoisotopic (exact) mass is 263 g/mol. The van der Waals surface area contributed by atoms with E-state index in [1.807, 2.05) is 6.07 Å². The normalized spacial score (nSPS) is 9.89. The van der Waals surface area contributed by atoms with E-state index < -0.39 is 0 Å². The van der Waals surface area contributed by atoms with Gasteiger partial charge in [0, 0.05) is 20.2 Å². The molecular weight excluding hydrogens is 246 g/mol. The van der Waals surface area contributed by atoms with Gasteiger partial charge in [0.2, 0.25) is 0 Å². The highest BCUT2D eigenvalue weighted by Gasteiger charge is 2.19. The van der Waals surface area contributed by atoms with E-state index >= 15 is 0 Å². The van der Waals surface area contributed by atoms with E-state index in [0.29, 0.717) is 13.2 Å². The highest BCUT2D eigenvalue weighted by atomic mass is 16.5. The molecule has 0 aliphatic heterocycles. The number of phenols is 1. The Morgan fingerprint density at radius 1 is 1.53 bits per heavy atom. The first-order chi connectivity index (χ1) is 9.11. The van der Waals surface area contributed by atoms with Gasteiger partial charge in [0.15, 0.2) is 5.75 Å². The molecule has 0 bridgehead atoms. The summed E-state index contributed by atoms with van der Waals surface area (Å²) < 4.78 is 4.93. The summed E-state index contributed by atoms with van der Waals surface area (Å²) in [6, 6.07) is 6.60. The van der Waals surface area contributed by atoms with Gasteiger partial charge >= 0.3 is 0 Å². The highest BCUT2D eigenvalue weighted by Crippen LogP contribution is 2.25. The molecule has 3 N–H and O–H groups in total. The number of methoxy groups -OCH3 is 1. The third-order valence-electron chi connectivity index (χ3n) is 2.64. The lowest BCUT2D eigenvalue weighted by molar-refractivity contribution is 0.0697. The zero-order valence-electron chi connectivity index (χ0n) is 10.8. The summed E-state index contributed by atoms with van der Waals surface area (Å²) in [6.45, 7) is 0.998. The van der Waals surface area contributed by atoms with Gasteiger partial charge in [-0.1, -0.05) is 6.07 Å². The van der Waals surface area contributed by atoms with Crippen molar-refractivity contribution in [3.8, 4) is 11.8 Å². The van der Waals surface area contributed by atoms with E-state index in [-0.39, 0.29) is 35.9 Å². The topological polar surface area (TPSA) is 99.6 Å². The fraction of sp³-hybridized carbons (Fsp3) is 0.385. The fourth-order valence-corrected chi connectivity index (χ4v) is 1.61. The Labute approximate surface area is 112 Å². The largest absolute Gasteiger partial charge is 0.505 e. The summed E-state index contributed by atoms with van der Waals surface area (Å²) in [5.41, 5.74) is 5.85. The van der Waals surface area contributed by atoms with E-state index in [0.717, 1.165) is 0 Å². The maximum absolute atomic E-state index is 12.3. The minimum atomic E-state index is -0.364. The number of hydrogen-bond donors (Lipinski definition) is 2. The number of nitrogens with two attached hydrogens (primary N) is 1. The average Bonchev–Trinajstić information content (AvgIpc) is 2.41. The van der Waals surface area contributed by atoms with Gasteiger partial charge < -0.3 is 20.5 Å². The summed E-state index contributed by atoms with van der Waals surface area (Å²) in [6.07, 6.45) is 0.221. The number of anilines is 1. The van der Waals surface area contributed by atoms with Gasteiger partial charge in [-0.3, -0.25) is 4.79 Å². The van der Waals surface area contributed by atoms with Crippen LogP contribution in [-0.4, -0.2) is 42.7 Å². The van der Waals surface area contributed by atoms with Crippen LogP contribution in [0.15, 0.2) is 18.2 Å². The summed E-state index contributed by atoms with van der Waals surface area (Å²) >= 11 is 0. The molecule has 0 aliphatic rings. The first kappa shape index (κ1) is 14.8. The van der Waals surface area contributed by atoms with Crippen LogP contribution in [0.25, 0.3) is 0 Å². The lowest BCUT2D eigenvalue weighted by Crippen LogP contribution is -2.34. The number of carbonyl (C=O) groups excluding carboxylic acids is 1. The third-order valence-corrected chi connectivity index (χ3v) is 2.64. The van der Waals surface area contributed by atoms with Crippen molar-refractivity contribution < 1.29 is 14.6 Å². The van der Waals surface area contributed by atoms with Crippen molar-refractivity contribution in [2.24, 2.45) is 0 Å². The highest BCUT2D eigenvalue weighted by molar-refractivity contribution is 5.98. The standard InChI is InChI=1S/C13H17N3O3/c1-19-9-8-16(7-3-6-14)13(18)10-4-2-5-11(15)12(10)17/h2,4-5,17H,3,7-9,15H2,1H3. The summed E-state index contributed by atoms with van der Waals surface area (Å²) in [5.74, 6) is -0.594. The molecule has 0 saturated heterocycles. The van der Waals surface area contributed by atoms with Crippen molar-refractivity contribution in [1.82, 2.24) is 4.90 Å². The first-order valence-corrected chi connectivity index (χ1v) is 5.84. The first-order valence-electron chi connectivity index (χ1n) is 5.84. The molecule has 0 heterocycles. The Hall–Kier alpha value is -2.26. The molecule has 6 nitrogen and oxygen atoms in total. The molecule has 0 aliphatic carbocycles. The van der Waals surface area contributed by atoms with Crippen molar-refractivity contribution in [3.63, 3.8) is 0 Å². The molecular formula is C13H17N3O3. The quantitative estimate of drug-likeness (QED) is 0.588. The van der Waals surface area contributed by atoms with Crippen LogP contribution in [0.4, 0.5) is 5.69 Å². The van der Waals surface area contributed by atoms with Crippen LogP contribution >= 0.6 is 0 Å². The van der Waals surface area contributed by atoms with Crippen LogP contribution in [0.1, 0.15) is 16.8 Å². The summed E-state index contributed by atoms with van der Waals surface area (Å²) in [4.78, 5) is 13.7. The van der Waals surface area contributed by atoms with Gasteiger partial charge in [-0.2, -0.15) is 5.26 Å². The molecule has 0 aromatic heterocycles. The Kier molecular flexibility index (Phi) is 5.64. The number of rotatable bonds is 6. The summed E-state index contributed by atoms with van der Waals surface area (Å²) in [7, 11) is 1.53. The van der Waals surface area contributed by atoms with Gasteiger partial charge in [0.05, 0.1) is 30.3 Å². The van der Waals surface area contributed by atoms with Crippen LogP contribution in [0.3, 0.4) is 0 Å². The zero-order valence-corrected chi connectivity index (χ0v) is 10.8. The zero-order chi connectivity index (χ0) is 14.3. The second-order valence-corrected chi connectivity index (χ2v) is 3.94. The van der Waals surface area contributed by atoms with E-state index in [1.165, 1.54) is 24.1 Å². The Bertz CT molecular complexity index is 483. The lowest BCUT2D eigenvalue weighted by atomic mass is 10.1. The number of nitriles is 1. The number of hydrogen-bond acceptors (Lipinski definition) is 5. The smallest absolute Gasteiger partial charge is 0.257 e. The molecule has 0 saturated carbocycles. The Balaban J connectivity index is 2.91. The number of nitrogens with zero attached hydrogens (tertiary/aromatic N) is 2. The molecule has 102 valence electrons. The van der Waals surface area contributed by atoms with Gasteiger partial charge in [0.1, 0.15) is 0 Å². The second kappa shape index (κ2) is 7.24. The van der Waals surface area contributed by atoms with Crippen molar-refractivity contribution in [1.29, 1.82) is 5.26 Å². The van der Waals surface area contributed by atoms with Gasteiger partial charge in [-0.05, 0) is 12.1 Å². The molecule has 0 atom stereocenters. The van der Waals surface area contributed by atoms with E-state index in [1.54, 1.807) is 6.07 Å². The Morgan fingerprint density at radius 2 is 2.26 bits per heavy atom. The fourth-order valence-electron chi connectivity index (χ4n) is 1.61. The number of benzene rings is 1. The molecule has 0 radical (unpaired) electrons. The predicted molar refractivity (Wildman–Crippen MR) is 70.5 cm³/mol. The molecule has 0 spiro atoms. The number of amides is 1. The molecule has 19 heavy (non-hydrogen) atoms. The number of phenolic OH excluding ortho intramolecular Hbond substituents is 1. The van der Waals surface area contributed by atoms with Crippen molar-refractivity contribution >= 4 is 11.6 Å². The van der Waals surface area contributed by atoms with Gasteiger partial charge in [-0.25, -0.2) is 0 Å². The number of nitrogen functional groups attached to an aromatic ring is 1.